The van der Waals surface area contributed by atoms with Gasteiger partial charge in [-0.1, -0.05) is 31.2 Å². The van der Waals surface area contributed by atoms with Gasteiger partial charge in [0.15, 0.2) is 17.0 Å². The zero-order chi connectivity index (χ0) is 20.2. The first-order valence-corrected chi connectivity index (χ1v) is 10.4. The first kappa shape index (κ1) is 19.4. The molecule has 0 aliphatic carbocycles. The number of hydrogen-bond acceptors (Lipinski definition) is 9. The molecular formula is C19H22N6O3S. The lowest BCUT2D eigenvalue weighted by atomic mass is 10.3. The van der Waals surface area contributed by atoms with Crippen molar-refractivity contribution >= 4 is 34.7 Å². The van der Waals surface area contributed by atoms with Crippen LogP contribution >= 0.6 is 11.8 Å². The average molecular weight is 414 g/mol. The number of hydrogen-bond donors (Lipinski definition) is 1. The topological polar surface area (TPSA) is 118 Å². The fraction of sp³-hybridized carbons (Fsp3) is 0.421. The second-order valence-corrected chi connectivity index (χ2v) is 7.93. The van der Waals surface area contributed by atoms with E-state index in [0.717, 1.165) is 29.9 Å². The summed E-state index contributed by atoms with van der Waals surface area (Å²) in [7, 11) is 0. The molecule has 3 aromatic heterocycles. The molecule has 0 bridgehead atoms. The Labute approximate surface area is 172 Å². The van der Waals surface area contributed by atoms with Crippen LogP contribution in [-0.2, 0) is 16.1 Å². The maximum Gasteiger partial charge on any atom is 0.320 e. The van der Waals surface area contributed by atoms with Crippen LogP contribution in [0, 0.1) is 0 Å². The Balaban J connectivity index is 1.49. The van der Waals surface area contributed by atoms with E-state index in [4.69, 9.17) is 15.2 Å². The number of pyridine rings is 1. The number of ether oxygens (including phenoxy) is 2. The van der Waals surface area contributed by atoms with Crippen LogP contribution in [0.25, 0.3) is 11.2 Å². The normalized spacial score (nSPS) is 16.3. The largest absolute Gasteiger partial charge is 0.465 e. The number of carbonyl (C=O) groups is 1. The Morgan fingerprint density at radius 1 is 1.34 bits per heavy atom. The molecule has 152 valence electrons. The molecule has 1 aliphatic heterocycles. The number of carbonyl (C=O) groups excluding carboxylic acids is 1. The van der Waals surface area contributed by atoms with Crippen LogP contribution in [0.5, 0.6) is 6.01 Å². The van der Waals surface area contributed by atoms with Gasteiger partial charge in [-0.25, -0.2) is 9.97 Å². The molecular weight excluding hydrogens is 392 g/mol. The molecule has 4 heterocycles. The number of esters is 1. The summed E-state index contributed by atoms with van der Waals surface area (Å²) in [5.74, 6) is 0.133. The zero-order valence-corrected chi connectivity index (χ0v) is 16.9. The van der Waals surface area contributed by atoms with E-state index in [1.807, 2.05) is 16.7 Å². The summed E-state index contributed by atoms with van der Waals surface area (Å²) in [6.07, 6.45) is 6.15. The number of unbranched alkanes of at least 4 members (excludes halogenated alkanes) is 1. The summed E-state index contributed by atoms with van der Waals surface area (Å²) < 4.78 is 12.5. The predicted molar refractivity (Wildman–Crippen MR) is 109 cm³/mol. The van der Waals surface area contributed by atoms with Crippen molar-refractivity contribution < 1.29 is 14.3 Å². The molecule has 1 unspecified atom stereocenters. The van der Waals surface area contributed by atoms with Crippen molar-refractivity contribution in [3.8, 4) is 6.01 Å². The highest BCUT2D eigenvalue weighted by atomic mass is 32.2. The van der Waals surface area contributed by atoms with Crippen molar-refractivity contribution in [2.24, 2.45) is 0 Å². The van der Waals surface area contributed by atoms with E-state index in [9.17, 15) is 4.79 Å². The second-order valence-electron chi connectivity index (χ2n) is 6.71. The molecule has 3 aromatic rings. The highest BCUT2D eigenvalue weighted by molar-refractivity contribution is 8.00. The minimum Gasteiger partial charge on any atom is -0.465 e. The third-order valence-corrected chi connectivity index (χ3v) is 5.70. The molecule has 1 aliphatic rings. The number of nitrogens with two attached hydrogens (primary N) is 1. The molecule has 2 N–H and O–H groups in total. The molecule has 29 heavy (non-hydrogen) atoms. The van der Waals surface area contributed by atoms with Crippen molar-refractivity contribution in [1.82, 2.24) is 24.5 Å². The van der Waals surface area contributed by atoms with Gasteiger partial charge in [0.25, 0.3) is 0 Å². The summed E-state index contributed by atoms with van der Waals surface area (Å²) >= 11 is 1.43. The van der Waals surface area contributed by atoms with Crippen molar-refractivity contribution in [3.05, 3.63) is 30.2 Å². The molecule has 0 radical (unpaired) electrons. The van der Waals surface area contributed by atoms with Gasteiger partial charge in [-0.3, -0.25) is 4.79 Å². The van der Waals surface area contributed by atoms with Crippen LogP contribution in [-0.4, -0.2) is 48.9 Å². The molecule has 0 saturated carbocycles. The van der Waals surface area contributed by atoms with E-state index in [1.165, 1.54) is 11.8 Å². The molecule has 0 aromatic carbocycles. The number of thioether (sulfide) groups is 1. The molecule has 9 nitrogen and oxygen atoms in total. The first-order valence-electron chi connectivity index (χ1n) is 9.53. The van der Waals surface area contributed by atoms with Gasteiger partial charge < -0.3 is 19.8 Å². The number of anilines is 1. The zero-order valence-electron chi connectivity index (χ0n) is 16.1. The summed E-state index contributed by atoms with van der Waals surface area (Å²) in [5, 5.41) is 0.628. The van der Waals surface area contributed by atoms with Crippen molar-refractivity contribution in [3.63, 3.8) is 0 Å². The van der Waals surface area contributed by atoms with E-state index in [2.05, 4.69) is 26.9 Å². The summed E-state index contributed by atoms with van der Waals surface area (Å²) in [6.45, 7) is 3.66. The Morgan fingerprint density at radius 2 is 2.24 bits per heavy atom. The highest BCUT2D eigenvalue weighted by Gasteiger charge is 2.27. The van der Waals surface area contributed by atoms with Gasteiger partial charge in [0, 0.05) is 12.6 Å². The fourth-order valence-corrected chi connectivity index (χ4v) is 3.86. The van der Waals surface area contributed by atoms with Crippen molar-refractivity contribution in [2.45, 2.75) is 43.0 Å². The summed E-state index contributed by atoms with van der Waals surface area (Å²) in [4.78, 5) is 29.0. The number of cyclic esters (lactones) is 1. The van der Waals surface area contributed by atoms with Gasteiger partial charge in [0.1, 0.15) is 5.25 Å². The van der Waals surface area contributed by atoms with Gasteiger partial charge in [0.05, 0.1) is 31.1 Å². The van der Waals surface area contributed by atoms with Crippen LogP contribution < -0.4 is 10.5 Å². The minimum atomic E-state index is -0.170. The van der Waals surface area contributed by atoms with Crippen molar-refractivity contribution in [1.29, 1.82) is 0 Å². The number of imidazole rings is 1. The van der Waals surface area contributed by atoms with Gasteiger partial charge in [-0.2, -0.15) is 9.97 Å². The van der Waals surface area contributed by atoms with E-state index < -0.39 is 0 Å². The molecule has 1 fully saturated rings. The van der Waals surface area contributed by atoms with Crippen LogP contribution in [0.3, 0.4) is 0 Å². The lowest BCUT2D eigenvalue weighted by molar-refractivity contribution is -0.137. The predicted octanol–water partition coefficient (Wildman–Crippen LogP) is 2.44. The first-order chi connectivity index (χ1) is 14.1. The van der Waals surface area contributed by atoms with Crippen LogP contribution in [0.1, 0.15) is 31.7 Å². The van der Waals surface area contributed by atoms with Crippen LogP contribution in [0.2, 0.25) is 0 Å². The Morgan fingerprint density at radius 3 is 2.97 bits per heavy atom. The number of nitrogens with zero attached hydrogens (tertiary/aromatic N) is 5. The fourth-order valence-electron chi connectivity index (χ4n) is 2.93. The van der Waals surface area contributed by atoms with E-state index >= 15 is 0 Å². The molecule has 0 spiro atoms. The number of fused-ring (bicyclic) bond motifs is 1. The standard InChI is InChI=1S/C19H22N6O3S/c1-2-3-7-28-19-23-16(20)15-17(24-19)25(11-22-15)10-12-4-5-14(21-9-12)29-13-6-8-27-18(13)26/h4-5,9,11,13H,2-3,6-8,10H2,1H3,(H2,20,23,24). The van der Waals surface area contributed by atoms with Crippen LogP contribution in [0.15, 0.2) is 29.7 Å². The molecule has 1 atom stereocenters. The quantitative estimate of drug-likeness (QED) is 0.438. The monoisotopic (exact) mass is 414 g/mol. The second kappa shape index (κ2) is 8.64. The van der Waals surface area contributed by atoms with E-state index in [-0.39, 0.29) is 17.2 Å². The van der Waals surface area contributed by atoms with Gasteiger partial charge >= 0.3 is 12.0 Å². The number of nitrogen functional groups attached to an aromatic ring is 1. The Kier molecular flexibility index (Phi) is 5.79. The molecule has 1 saturated heterocycles. The van der Waals surface area contributed by atoms with Gasteiger partial charge in [-0.15, -0.1) is 0 Å². The lowest BCUT2D eigenvalue weighted by Crippen LogP contribution is -2.09. The molecule has 4 rings (SSSR count). The third kappa shape index (κ3) is 4.42. The van der Waals surface area contributed by atoms with Gasteiger partial charge in [-0.05, 0) is 18.1 Å². The average Bonchev–Trinajstić information content (AvgIpc) is 3.30. The highest BCUT2D eigenvalue weighted by Crippen LogP contribution is 2.28. The third-order valence-electron chi connectivity index (χ3n) is 4.50. The minimum absolute atomic E-state index is 0.167. The molecule has 0 amide bonds. The maximum absolute atomic E-state index is 11.6. The Hall–Kier alpha value is -2.88. The number of rotatable bonds is 8. The van der Waals surface area contributed by atoms with E-state index in [1.54, 1.807) is 12.5 Å². The summed E-state index contributed by atoms with van der Waals surface area (Å²) in [6, 6.07) is 4.15. The van der Waals surface area contributed by atoms with Crippen LogP contribution in [0.4, 0.5) is 5.82 Å². The van der Waals surface area contributed by atoms with Gasteiger partial charge in [0.2, 0.25) is 0 Å². The Bertz CT molecular complexity index is 1010. The SMILES string of the molecule is CCCCOc1nc(N)c2ncn(Cc3ccc(SC4CCOC4=O)nc3)c2n1. The smallest absolute Gasteiger partial charge is 0.320 e. The maximum atomic E-state index is 11.6. The lowest BCUT2D eigenvalue weighted by Gasteiger charge is -2.08. The summed E-state index contributed by atoms with van der Waals surface area (Å²) in [5.41, 5.74) is 8.17. The van der Waals surface area contributed by atoms with E-state index in [0.29, 0.717) is 36.7 Å². The molecule has 10 heteroatoms. The van der Waals surface area contributed by atoms with Crippen molar-refractivity contribution in [2.75, 3.05) is 18.9 Å². The number of aromatic nitrogens is 5.